The minimum absolute atomic E-state index is 0.210. The Morgan fingerprint density at radius 1 is 1.12 bits per heavy atom. The summed E-state index contributed by atoms with van der Waals surface area (Å²) in [7, 11) is 0. The van der Waals surface area contributed by atoms with Gasteiger partial charge in [-0.15, -0.1) is 0 Å². The lowest BCUT2D eigenvalue weighted by Crippen LogP contribution is -2.33. The second-order valence-corrected chi connectivity index (χ2v) is 5.50. The molecule has 2 aliphatic rings. The maximum atomic E-state index is 12.4. The number of rotatable bonds is 0. The minimum Gasteiger partial charge on any atom is -0.325 e. The highest BCUT2D eigenvalue weighted by molar-refractivity contribution is 6.06. The molecule has 17 heavy (non-hydrogen) atoms. The van der Waals surface area contributed by atoms with Crippen molar-refractivity contribution in [1.29, 1.82) is 0 Å². The first kappa shape index (κ1) is 10.8. The van der Waals surface area contributed by atoms with Crippen molar-refractivity contribution in [2.24, 2.45) is 0 Å². The van der Waals surface area contributed by atoms with Gasteiger partial charge in [0.15, 0.2) is 0 Å². The van der Waals surface area contributed by atoms with E-state index in [1.807, 2.05) is 0 Å². The van der Waals surface area contributed by atoms with E-state index >= 15 is 0 Å². The van der Waals surface area contributed by atoms with E-state index < -0.39 is 0 Å². The fraction of sp³-hybridized carbons (Fsp3) is 0.533. The van der Waals surface area contributed by atoms with E-state index in [0.29, 0.717) is 0 Å². The topological polar surface area (TPSA) is 29.1 Å². The highest BCUT2D eigenvalue weighted by Gasteiger charge is 2.46. The third kappa shape index (κ3) is 1.58. The summed E-state index contributed by atoms with van der Waals surface area (Å²) in [6.07, 6.45) is 6.96. The largest absolute Gasteiger partial charge is 0.325 e. The van der Waals surface area contributed by atoms with Crippen molar-refractivity contribution in [2.75, 3.05) is 5.32 Å². The summed E-state index contributed by atoms with van der Waals surface area (Å²) in [5.41, 5.74) is 3.34. The number of anilines is 1. The van der Waals surface area contributed by atoms with Crippen LogP contribution in [0.4, 0.5) is 5.69 Å². The van der Waals surface area contributed by atoms with Gasteiger partial charge in [-0.1, -0.05) is 43.4 Å². The first-order valence-corrected chi connectivity index (χ1v) is 6.65. The van der Waals surface area contributed by atoms with Crippen LogP contribution >= 0.6 is 0 Å². The number of nitrogens with one attached hydrogen (secondary N) is 1. The lowest BCUT2D eigenvalue weighted by molar-refractivity contribution is -0.121. The Kier molecular flexibility index (Phi) is 2.46. The number of aryl methyl sites for hydroxylation is 1. The molecule has 1 aliphatic carbocycles. The first-order valence-electron chi connectivity index (χ1n) is 6.65. The number of hydrogen-bond donors (Lipinski definition) is 1. The third-order valence-corrected chi connectivity index (χ3v) is 4.33. The molecular weight excluding hydrogens is 210 g/mol. The summed E-state index contributed by atoms with van der Waals surface area (Å²) in [6, 6.07) is 6.34. The van der Waals surface area contributed by atoms with Crippen molar-refractivity contribution in [2.45, 2.75) is 50.9 Å². The van der Waals surface area contributed by atoms with Gasteiger partial charge in [0.05, 0.1) is 5.41 Å². The van der Waals surface area contributed by atoms with E-state index in [1.165, 1.54) is 36.8 Å². The van der Waals surface area contributed by atoms with Crippen LogP contribution in [0.3, 0.4) is 0 Å². The van der Waals surface area contributed by atoms with Crippen LogP contribution in [-0.2, 0) is 10.2 Å². The number of benzene rings is 1. The molecule has 90 valence electrons. The van der Waals surface area contributed by atoms with Gasteiger partial charge in [-0.2, -0.15) is 0 Å². The van der Waals surface area contributed by atoms with Crippen LogP contribution < -0.4 is 5.32 Å². The third-order valence-electron chi connectivity index (χ3n) is 4.33. The van der Waals surface area contributed by atoms with Gasteiger partial charge < -0.3 is 5.32 Å². The lowest BCUT2D eigenvalue weighted by atomic mass is 9.75. The second-order valence-electron chi connectivity index (χ2n) is 5.50. The van der Waals surface area contributed by atoms with Gasteiger partial charge in [0.2, 0.25) is 5.91 Å². The number of fused-ring (bicyclic) bond motifs is 2. The average Bonchev–Trinajstić information content (AvgIpc) is 2.52. The molecule has 0 radical (unpaired) electrons. The molecular formula is C15H19NO. The van der Waals surface area contributed by atoms with Crippen LogP contribution in [0.2, 0.25) is 0 Å². The van der Waals surface area contributed by atoms with Crippen molar-refractivity contribution < 1.29 is 4.79 Å². The molecule has 3 rings (SSSR count). The van der Waals surface area contributed by atoms with Crippen molar-refractivity contribution in [3.05, 3.63) is 29.3 Å². The second kappa shape index (κ2) is 3.86. The average molecular weight is 229 g/mol. The fourth-order valence-electron chi connectivity index (χ4n) is 3.36. The SMILES string of the molecule is Cc1ccc2c(c1)C1(CCCCCC1)C(=O)N2. The van der Waals surface area contributed by atoms with Crippen molar-refractivity contribution in [3.63, 3.8) is 0 Å². The molecule has 1 aliphatic heterocycles. The van der Waals surface area contributed by atoms with E-state index in [1.54, 1.807) is 0 Å². The summed E-state index contributed by atoms with van der Waals surface area (Å²) >= 11 is 0. The van der Waals surface area contributed by atoms with Crippen molar-refractivity contribution >= 4 is 11.6 Å². The molecule has 1 spiro atoms. The maximum absolute atomic E-state index is 12.4. The Hall–Kier alpha value is -1.31. The Bertz CT molecular complexity index is 456. The number of amides is 1. The van der Waals surface area contributed by atoms with E-state index in [-0.39, 0.29) is 11.3 Å². The summed E-state index contributed by atoms with van der Waals surface area (Å²) < 4.78 is 0. The standard InChI is InChI=1S/C15H19NO/c1-11-6-7-13-12(10-11)15(14(17)16-13)8-4-2-3-5-9-15/h6-7,10H,2-5,8-9H2,1H3,(H,16,17). The van der Waals surface area contributed by atoms with E-state index in [4.69, 9.17) is 0 Å². The van der Waals surface area contributed by atoms with Crippen LogP contribution in [0.25, 0.3) is 0 Å². The molecule has 1 fully saturated rings. The van der Waals surface area contributed by atoms with E-state index in [0.717, 1.165) is 18.5 Å². The summed E-state index contributed by atoms with van der Waals surface area (Å²) in [4.78, 5) is 12.4. The van der Waals surface area contributed by atoms with Crippen molar-refractivity contribution in [3.8, 4) is 0 Å². The highest BCUT2D eigenvalue weighted by Crippen LogP contribution is 2.46. The molecule has 0 aromatic heterocycles. The molecule has 2 heteroatoms. The van der Waals surface area contributed by atoms with Crippen LogP contribution in [0, 0.1) is 6.92 Å². The molecule has 1 amide bonds. The van der Waals surface area contributed by atoms with Gasteiger partial charge in [-0.3, -0.25) is 4.79 Å². The predicted octanol–water partition coefficient (Wildman–Crippen LogP) is 3.54. The minimum atomic E-state index is -0.210. The molecule has 0 bridgehead atoms. The van der Waals surface area contributed by atoms with Gasteiger partial charge in [-0.25, -0.2) is 0 Å². The van der Waals surface area contributed by atoms with Gasteiger partial charge in [-0.05, 0) is 31.4 Å². The Balaban J connectivity index is 2.10. The van der Waals surface area contributed by atoms with Crippen LogP contribution in [0.15, 0.2) is 18.2 Å². The number of carbonyl (C=O) groups excluding carboxylic acids is 1. The zero-order valence-corrected chi connectivity index (χ0v) is 10.4. The van der Waals surface area contributed by atoms with Crippen LogP contribution in [0.1, 0.15) is 49.7 Å². The Labute approximate surface area is 102 Å². The molecule has 1 aromatic rings. The number of hydrogen-bond acceptors (Lipinski definition) is 1. The van der Waals surface area contributed by atoms with Crippen LogP contribution in [0.5, 0.6) is 0 Å². The zero-order chi connectivity index (χ0) is 11.9. The Morgan fingerprint density at radius 2 is 1.82 bits per heavy atom. The van der Waals surface area contributed by atoms with E-state index in [2.05, 4.69) is 30.4 Å². The Morgan fingerprint density at radius 3 is 2.53 bits per heavy atom. The molecule has 0 atom stereocenters. The van der Waals surface area contributed by atoms with Gasteiger partial charge in [0, 0.05) is 5.69 Å². The smallest absolute Gasteiger partial charge is 0.235 e. The summed E-state index contributed by atoms with van der Waals surface area (Å²) in [5, 5.41) is 3.07. The number of carbonyl (C=O) groups is 1. The van der Waals surface area contributed by atoms with Gasteiger partial charge in [0.25, 0.3) is 0 Å². The zero-order valence-electron chi connectivity index (χ0n) is 10.4. The molecule has 2 nitrogen and oxygen atoms in total. The molecule has 1 saturated carbocycles. The van der Waals surface area contributed by atoms with Crippen LogP contribution in [-0.4, -0.2) is 5.91 Å². The maximum Gasteiger partial charge on any atom is 0.235 e. The summed E-state index contributed by atoms with van der Waals surface area (Å²) in [6.45, 7) is 2.10. The monoisotopic (exact) mass is 229 g/mol. The molecule has 1 N–H and O–H groups in total. The molecule has 0 saturated heterocycles. The van der Waals surface area contributed by atoms with Gasteiger partial charge >= 0.3 is 0 Å². The van der Waals surface area contributed by atoms with Gasteiger partial charge in [0.1, 0.15) is 0 Å². The lowest BCUT2D eigenvalue weighted by Gasteiger charge is -2.25. The summed E-state index contributed by atoms with van der Waals surface area (Å²) in [5.74, 6) is 0.236. The highest BCUT2D eigenvalue weighted by atomic mass is 16.2. The van der Waals surface area contributed by atoms with E-state index in [9.17, 15) is 4.79 Å². The first-order chi connectivity index (χ1) is 8.22. The quantitative estimate of drug-likeness (QED) is 0.724. The molecule has 0 unspecified atom stereocenters. The van der Waals surface area contributed by atoms with Crippen molar-refractivity contribution in [1.82, 2.24) is 0 Å². The normalized spacial score (nSPS) is 22.1. The fourth-order valence-corrected chi connectivity index (χ4v) is 3.36. The molecule has 1 heterocycles. The molecule has 1 aromatic carbocycles. The predicted molar refractivity (Wildman–Crippen MR) is 69.2 cm³/mol.